The van der Waals surface area contributed by atoms with E-state index in [9.17, 15) is 28.2 Å². The first-order valence-electron chi connectivity index (χ1n) is 16.6. The van der Waals surface area contributed by atoms with Crippen molar-refractivity contribution in [3.8, 4) is 12.3 Å². The SMILES string of the molecule is C#CCC[C@H](NC(=O)[C@H](Cc1ccccc1)CS(=O)(=O)N1CCC=NCC1)C(=O)N[C@@H](CC1CCCCC1)[C@@H](O)[C@@H](O)C1CC1. The number of hydrogen-bond donors (Lipinski definition) is 4. The Morgan fingerprint density at radius 2 is 1.76 bits per heavy atom. The average Bonchev–Trinajstić information content (AvgIpc) is 3.90. The summed E-state index contributed by atoms with van der Waals surface area (Å²) < 4.78 is 28.4. The summed E-state index contributed by atoms with van der Waals surface area (Å²) in [5.41, 5.74) is 0.807. The van der Waals surface area contributed by atoms with Crippen LogP contribution in [0.2, 0.25) is 0 Å². The number of rotatable bonds is 16. The third-order valence-electron chi connectivity index (χ3n) is 9.33. The summed E-state index contributed by atoms with van der Waals surface area (Å²) in [4.78, 5) is 31.8. The molecular weight excluding hydrogens is 592 g/mol. The van der Waals surface area contributed by atoms with E-state index in [-0.39, 0.29) is 31.7 Å². The normalized spacial score (nSPS) is 21.4. The van der Waals surface area contributed by atoms with Crippen molar-refractivity contribution < 1.29 is 28.2 Å². The van der Waals surface area contributed by atoms with Gasteiger partial charge in [0.25, 0.3) is 0 Å². The van der Waals surface area contributed by atoms with Gasteiger partial charge in [0.2, 0.25) is 21.8 Å². The zero-order chi connectivity index (χ0) is 32.2. The van der Waals surface area contributed by atoms with E-state index in [2.05, 4.69) is 21.5 Å². The molecule has 4 rings (SSSR count). The highest BCUT2D eigenvalue weighted by Crippen LogP contribution is 2.36. The van der Waals surface area contributed by atoms with E-state index in [0.717, 1.165) is 44.1 Å². The Labute approximate surface area is 268 Å². The monoisotopic (exact) mass is 642 g/mol. The van der Waals surface area contributed by atoms with Gasteiger partial charge < -0.3 is 20.8 Å². The Morgan fingerprint density at radius 3 is 2.44 bits per heavy atom. The molecule has 10 nitrogen and oxygen atoms in total. The standard InChI is InChI=1S/C34H50N4O6S/c1-2-3-15-29(34(42)37-30(23-26-13-8-5-9-14-26)32(40)31(39)27-16-17-27)36-33(41)28(22-25-11-6-4-7-12-25)24-45(43,44)38-20-10-18-35-19-21-38/h1,4,6-7,11-12,18,26-32,39-40H,3,5,8-10,13-17,19-24H2,(H,36,41)(H,37,42)/t28-,29+,30+,31+,32-/m1/s1. The Morgan fingerprint density at radius 1 is 1.02 bits per heavy atom. The van der Waals surface area contributed by atoms with Gasteiger partial charge in [0.05, 0.1) is 30.4 Å². The highest BCUT2D eigenvalue weighted by molar-refractivity contribution is 7.89. The van der Waals surface area contributed by atoms with Gasteiger partial charge in [-0.3, -0.25) is 14.6 Å². The van der Waals surface area contributed by atoms with Crippen molar-refractivity contribution in [2.45, 2.75) is 101 Å². The number of aliphatic hydroxyl groups excluding tert-OH is 2. The van der Waals surface area contributed by atoms with Gasteiger partial charge in [-0.05, 0) is 55.9 Å². The molecule has 0 saturated heterocycles. The topological polar surface area (TPSA) is 148 Å². The summed E-state index contributed by atoms with van der Waals surface area (Å²) in [6.45, 7) is 0.922. The van der Waals surface area contributed by atoms with Crippen LogP contribution in [0, 0.1) is 30.1 Å². The number of carbonyl (C=O) groups is 2. The molecule has 1 aliphatic heterocycles. The predicted octanol–water partition coefficient (Wildman–Crippen LogP) is 2.44. The highest BCUT2D eigenvalue weighted by Gasteiger charge is 2.40. The third kappa shape index (κ3) is 10.9. The van der Waals surface area contributed by atoms with Crippen LogP contribution in [0.25, 0.3) is 0 Å². The lowest BCUT2D eigenvalue weighted by Crippen LogP contribution is -2.56. The van der Waals surface area contributed by atoms with Crippen LogP contribution < -0.4 is 10.6 Å². The predicted molar refractivity (Wildman–Crippen MR) is 175 cm³/mol. The largest absolute Gasteiger partial charge is 0.390 e. The molecule has 4 N–H and O–H groups in total. The number of terminal acetylenes is 1. The Kier molecular flexibility index (Phi) is 13.4. The van der Waals surface area contributed by atoms with E-state index >= 15 is 0 Å². The molecule has 2 amide bonds. The molecule has 2 saturated carbocycles. The molecular formula is C34H50N4O6S. The molecule has 1 aromatic carbocycles. The van der Waals surface area contributed by atoms with Gasteiger partial charge in [-0.2, -0.15) is 4.31 Å². The van der Waals surface area contributed by atoms with Crippen molar-refractivity contribution in [2.24, 2.45) is 22.7 Å². The van der Waals surface area contributed by atoms with Crippen LogP contribution in [-0.2, 0) is 26.0 Å². The Hall–Kier alpha value is -2.78. The van der Waals surface area contributed by atoms with Gasteiger partial charge in [-0.1, -0.05) is 62.4 Å². The number of aliphatic hydroxyl groups is 2. The van der Waals surface area contributed by atoms with Crippen LogP contribution in [0.15, 0.2) is 35.3 Å². The molecule has 3 aliphatic rings. The van der Waals surface area contributed by atoms with Crippen LogP contribution in [0.1, 0.15) is 76.2 Å². The molecule has 0 radical (unpaired) electrons. The zero-order valence-electron chi connectivity index (χ0n) is 26.2. The minimum absolute atomic E-state index is 0.0270. The van der Waals surface area contributed by atoms with Gasteiger partial charge >= 0.3 is 0 Å². The fourth-order valence-corrected chi connectivity index (χ4v) is 8.25. The quantitative estimate of drug-likeness (QED) is 0.204. The van der Waals surface area contributed by atoms with Gasteiger partial charge in [0.15, 0.2) is 0 Å². The molecule has 0 bridgehead atoms. The Balaban J connectivity index is 1.50. The lowest BCUT2D eigenvalue weighted by molar-refractivity contribution is -0.132. The fourth-order valence-electron chi connectivity index (χ4n) is 6.52. The molecule has 0 spiro atoms. The van der Waals surface area contributed by atoms with Crippen LogP contribution in [-0.4, -0.2) is 90.6 Å². The summed E-state index contributed by atoms with van der Waals surface area (Å²) in [5.74, 6) is 0.479. The van der Waals surface area contributed by atoms with E-state index in [4.69, 9.17) is 6.42 Å². The number of benzene rings is 1. The number of sulfonamides is 1. The van der Waals surface area contributed by atoms with Gasteiger partial charge in [-0.25, -0.2) is 8.42 Å². The number of carbonyl (C=O) groups excluding carboxylic acids is 2. The number of nitrogens with zero attached hydrogens (tertiary/aromatic N) is 2. The second-order valence-corrected chi connectivity index (χ2v) is 14.9. The molecule has 0 aromatic heterocycles. The van der Waals surface area contributed by atoms with E-state index in [0.29, 0.717) is 31.8 Å². The average molecular weight is 643 g/mol. The van der Waals surface area contributed by atoms with Crippen molar-refractivity contribution in [3.05, 3.63) is 35.9 Å². The smallest absolute Gasteiger partial charge is 0.242 e. The van der Waals surface area contributed by atoms with E-state index in [1.807, 2.05) is 30.3 Å². The zero-order valence-corrected chi connectivity index (χ0v) is 27.0. The maximum atomic E-state index is 13.9. The summed E-state index contributed by atoms with van der Waals surface area (Å²) in [6, 6.07) is 7.51. The first kappa shape index (κ1) is 35.1. The van der Waals surface area contributed by atoms with E-state index in [1.54, 1.807) is 6.21 Å². The molecule has 0 unspecified atom stereocenters. The number of amides is 2. The highest BCUT2D eigenvalue weighted by atomic mass is 32.2. The van der Waals surface area contributed by atoms with Gasteiger partial charge in [-0.15, -0.1) is 12.3 Å². The van der Waals surface area contributed by atoms with Crippen LogP contribution in [0.3, 0.4) is 0 Å². The minimum atomic E-state index is -3.80. The second kappa shape index (κ2) is 17.2. The van der Waals surface area contributed by atoms with Gasteiger partial charge in [0, 0.05) is 25.7 Å². The van der Waals surface area contributed by atoms with Crippen molar-refractivity contribution in [2.75, 3.05) is 25.4 Å². The molecule has 2 aliphatic carbocycles. The Bertz CT molecular complexity index is 1260. The first-order valence-corrected chi connectivity index (χ1v) is 18.2. The van der Waals surface area contributed by atoms with Crippen molar-refractivity contribution in [1.82, 2.24) is 14.9 Å². The van der Waals surface area contributed by atoms with E-state index in [1.165, 1.54) is 10.7 Å². The van der Waals surface area contributed by atoms with E-state index < -0.39 is 57.8 Å². The van der Waals surface area contributed by atoms with Crippen molar-refractivity contribution >= 4 is 28.1 Å². The molecule has 11 heteroatoms. The molecule has 248 valence electrons. The second-order valence-electron chi connectivity index (χ2n) is 12.9. The van der Waals surface area contributed by atoms with Crippen molar-refractivity contribution in [1.29, 1.82) is 0 Å². The van der Waals surface area contributed by atoms with Crippen LogP contribution >= 0.6 is 0 Å². The minimum Gasteiger partial charge on any atom is -0.390 e. The molecule has 45 heavy (non-hydrogen) atoms. The molecule has 1 heterocycles. The lowest BCUT2D eigenvalue weighted by atomic mass is 9.82. The van der Waals surface area contributed by atoms with Gasteiger partial charge in [0.1, 0.15) is 12.1 Å². The molecule has 5 atom stereocenters. The maximum absolute atomic E-state index is 13.9. The van der Waals surface area contributed by atoms with Crippen LogP contribution in [0.5, 0.6) is 0 Å². The molecule has 1 aromatic rings. The summed E-state index contributed by atoms with van der Waals surface area (Å²) in [5, 5.41) is 27.7. The maximum Gasteiger partial charge on any atom is 0.242 e. The number of hydrogen-bond acceptors (Lipinski definition) is 7. The third-order valence-corrected chi connectivity index (χ3v) is 11.3. The fraction of sp³-hybridized carbons (Fsp3) is 0.676. The van der Waals surface area contributed by atoms with Crippen LogP contribution in [0.4, 0.5) is 0 Å². The first-order chi connectivity index (χ1) is 21.7. The number of nitrogens with one attached hydrogen (secondary N) is 2. The summed E-state index contributed by atoms with van der Waals surface area (Å²) in [7, 11) is -3.80. The summed E-state index contributed by atoms with van der Waals surface area (Å²) >= 11 is 0. The number of aliphatic imine (C=N–C) groups is 1. The van der Waals surface area contributed by atoms with Crippen molar-refractivity contribution in [3.63, 3.8) is 0 Å². The summed E-state index contributed by atoms with van der Waals surface area (Å²) in [6.07, 6.45) is 13.9. The molecule has 2 fully saturated rings. The lowest BCUT2D eigenvalue weighted by Gasteiger charge is -2.33.